The summed E-state index contributed by atoms with van der Waals surface area (Å²) < 4.78 is 5.07. The molecule has 0 radical (unpaired) electrons. The minimum absolute atomic E-state index is 0.185. The van der Waals surface area contributed by atoms with Crippen molar-refractivity contribution in [1.82, 2.24) is 5.32 Å². The van der Waals surface area contributed by atoms with Crippen molar-refractivity contribution in [2.45, 2.75) is 30.1 Å². The monoisotopic (exact) mass is 347 g/mol. The van der Waals surface area contributed by atoms with Gasteiger partial charge in [0.15, 0.2) is 0 Å². The van der Waals surface area contributed by atoms with Crippen LogP contribution in [0.2, 0.25) is 0 Å². The Morgan fingerprint density at radius 1 is 1.08 bits per heavy atom. The van der Waals surface area contributed by atoms with E-state index in [-0.39, 0.29) is 19.6 Å². The van der Waals surface area contributed by atoms with Crippen molar-refractivity contribution in [2.75, 3.05) is 6.54 Å². The van der Waals surface area contributed by atoms with Crippen LogP contribution in [0.25, 0.3) is 0 Å². The lowest BCUT2D eigenvalue weighted by Crippen LogP contribution is -2.29. The molecule has 0 fully saturated rings. The van der Waals surface area contributed by atoms with Crippen LogP contribution in [0.3, 0.4) is 0 Å². The first-order valence-corrected chi connectivity index (χ1v) is 8.11. The molecule has 0 aromatic heterocycles. The topological polar surface area (TPSA) is 78.8 Å². The molecule has 2 aromatic rings. The number of nitrogens with one attached hydrogen (secondary N) is 1. The summed E-state index contributed by atoms with van der Waals surface area (Å²) in [5.41, 5.74) is 1.45. The van der Waals surface area contributed by atoms with Crippen molar-refractivity contribution >= 4 is 18.7 Å². The van der Waals surface area contributed by atoms with Crippen LogP contribution in [-0.2, 0) is 11.3 Å². The van der Waals surface area contributed by atoms with Crippen LogP contribution in [0.4, 0.5) is 4.79 Å². The second-order valence-electron chi connectivity index (χ2n) is 5.35. The van der Waals surface area contributed by atoms with E-state index >= 15 is 0 Å². The highest BCUT2D eigenvalue weighted by Crippen LogP contribution is 2.24. The molecule has 6 heteroatoms. The third-order valence-electron chi connectivity index (χ3n) is 3.54. The minimum atomic E-state index is -1.05. The van der Waals surface area contributed by atoms with Gasteiger partial charge in [0.1, 0.15) is 12.7 Å². The highest BCUT2D eigenvalue weighted by atomic mass is 32.1. The zero-order valence-corrected chi connectivity index (χ0v) is 14.0. The van der Waals surface area contributed by atoms with E-state index in [4.69, 9.17) is 4.74 Å². The Morgan fingerprint density at radius 3 is 2.46 bits per heavy atom. The fraction of sp³-hybridized carbons (Fsp3) is 0.278. The molecule has 0 aliphatic rings. The molecule has 1 amide bonds. The standard InChI is InChI=1S/C18H21NO4S/c20-15(17(21)14-8-4-5-9-16(14)24)10-11-19-18(22)23-12-13-6-2-1-3-7-13/h1-9,15,17,20-21,24H,10-12H2,(H,19,22). The number of benzene rings is 2. The second kappa shape index (κ2) is 9.32. The first-order chi connectivity index (χ1) is 11.6. The molecule has 128 valence electrons. The minimum Gasteiger partial charge on any atom is -0.445 e. The van der Waals surface area contributed by atoms with Crippen molar-refractivity contribution in [3.8, 4) is 0 Å². The normalized spacial score (nSPS) is 13.1. The van der Waals surface area contributed by atoms with E-state index in [1.54, 1.807) is 24.3 Å². The number of rotatable bonds is 7. The summed E-state index contributed by atoms with van der Waals surface area (Å²) in [6.07, 6.45) is -2.42. The molecule has 0 saturated carbocycles. The van der Waals surface area contributed by atoms with Crippen LogP contribution >= 0.6 is 12.6 Å². The second-order valence-corrected chi connectivity index (χ2v) is 5.83. The number of carbonyl (C=O) groups is 1. The number of aliphatic hydroxyl groups excluding tert-OH is 2. The Kier molecular flexibility index (Phi) is 7.11. The van der Waals surface area contributed by atoms with Gasteiger partial charge in [-0.05, 0) is 23.6 Å². The maximum absolute atomic E-state index is 11.6. The molecule has 2 unspecified atom stereocenters. The molecule has 2 aromatic carbocycles. The predicted octanol–water partition coefficient (Wildman–Crippen LogP) is 2.69. The molecule has 0 heterocycles. The van der Waals surface area contributed by atoms with Crippen molar-refractivity contribution in [3.63, 3.8) is 0 Å². The summed E-state index contributed by atoms with van der Waals surface area (Å²) in [6.45, 7) is 0.380. The number of amides is 1. The maximum atomic E-state index is 11.6. The maximum Gasteiger partial charge on any atom is 0.407 e. The van der Waals surface area contributed by atoms with Gasteiger partial charge in [-0.3, -0.25) is 0 Å². The number of carbonyl (C=O) groups excluding carboxylic acids is 1. The zero-order chi connectivity index (χ0) is 17.4. The molecule has 0 aliphatic carbocycles. The number of alkyl carbamates (subject to hydrolysis) is 1. The molecule has 0 saturated heterocycles. The lowest BCUT2D eigenvalue weighted by molar-refractivity contribution is 0.0122. The Morgan fingerprint density at radius 2 is 1.75 bits per heavy atom. The predicted molar refractivity (Wildman–Crippen MR) is 93.9 cm³/mol. The number of hydrogen-bond acceptors (Lipinski definition) is 5. The number of ether oxygens (including phenoxy) is 1. The van der Waals surface area contributed by atoms with Crippen LogP contribution in [0.15, 0.2) is 59.5 Å². The average Bonchev–Trinajstić information content (AvgIpc) is 2.60. The Balaban J connectivity index is 1.71. The van der Waals surface area contributed by atoms with Crippen LogP contribution < -0.4 is 5.32 Å². The van der Waals surface area contributed by atoms with Gasteiger partial charge >= 0.3 is 6.09 Å². The van der Waals surface area contributed by atoms with E-state index in [1.165, 1.54) is 0 Å². The number of hydrogen-bond donors (Lipinski definition) is 4. The average molecular weight is 347 g/mol. The zero-order valence-electron chi connectivity index (χ0n) is 13.1. The van der Waals surface area contributed by atoms with E-state index in [9.17, 15) is 15.0 Å². The van der Waals surface area contributed by atoms with Crippen LogP contribution in [-0.4, -0.2) is 29.0 Å². The van der Waals surface area contributed by atoms with Gasteiger partial charge in [-0.1, -0.05) is 48.5 Å². The highest BCUT2D eigenvalue weighted by molar-refractivity contribution is 7.80. The van der Waals surface area contributed by atoms with Crippen molar-refractivity contribution in [3.05, 3.63) is 65.7 Å². The van der Waals surface area contributed by atoms with Gasteiger partial charge in [0, 0.05) is 11.4 Å². The van der Waals surface area contributed by atoms with Crippen molar-refractivity contribution in [1.29, 1.82) is 0 Å². The molecule has 0 bridgehead atoms. The summed E-state index contributed by atoms with van der Waals surface area (Å²) in [5, 5.41) is 22.7. The first-order valence-electron chi connectivity index (χ1n) is 7.66. The molecular formula is C18H21NO4S. The van der Waals surface area contributed by atoms with E-state index in [2.05, 4.69) is 17.9 Å². The van der Waals surface area contributed by atoms with Gasteiger partial charge in [-0.15, -0.1) is 12.6 Å². The van der Waals surface area contributed by atoms with Crippen molar-refractivity contribution < 1.29 is 19.7 Å². The SMILES string of the molecule is O=C(NCCC(O)C(O)c1ccccc1S)OCc1ccccc1. The smallest absolute Gasteiger partial charge is 0.407 e. The van der Waals surface area contributed by atoms with E-state index in [0.29, 0.717) is 10.5 Å². The van der Waals surface area contributed by atoms with E-state index in [0.717, 1.165) is 5.56 Å². The van der Waals surface area contributed by atoms with Gasteiger partial charge in [-0.25, -0.2) is 4.79 Å². The quantitative estimate of drug-likeness (QED) is 0.581. The molecule has 2 atom stereocenters. The van der Waals surface area contributed by atoms with Crippen LogP contribution in [0.1, 0.15) is 23.7 Å². The van der Waals surface area contributed by atoms with Gasteiger partial charge in [-0.2, -0.15) is 0 Å². The summed E-state index contributed by atoms with van der Waals surface area (Å²) in [7, 11) is 0. The van der Waals surface area contributed by atoms with Gasteiger partial charge in [0.05, 0.1) is 6.10 Å². The van der Waals surface area contributed by atoms with Crippen LogP contribution in [0, 0.1) is 0 Å². The molecule has 2 rings (SSSR count). The Labute approximate surface area is 146 Å². The Bertz CT molecular complexity index is 650. The number of aliphatic hydroxyl groups is 2. The fourth-order valence-electron chi connectivity index (χ4n) is 2.20. The van der Waals surface area contributed by atoms with E-state index < -0.39 is 18.3 Å². The summed E-state index contributed by atoms with van der Waals surface area (Å²) >= 11 is 4.26. The van der Waals surface area contributed by atoms with Gasteiger partial charge < -0.3 is 20.3 Å². The molecule has 3 N–H and O–H groups in total. The fourth-order valence-corrected chi connectivity index (χ4v) is 2.49. The third kappa shape index (κ3) is 5.56. The summed E-state index contributed by atoms with van der Waals surface area (Å²) in [5.74, 6) is 0. The molecule has 5 nitrogen and oxygen atoms in total. The lowest BCUT2D eigenvalue weighted by Gasteiger charge is -2.19. The van der Waals surface area contributed by atoms with Crippen LogP contribution in [0.5, 0.6) is 0 Å². The third-order valence-corrected chi connectivity index (χ3v) is 3.95. The van der Waals surface area contributed by atoms with Gasteiger partial charge in [0.2, 0.25) is 0 Å². The molecule has 24 heavy (non-hydrogen) atoms. The lowest BCUT2D eigenvalue weighted by atomic mass is 10.0. The van der Waals surface area contributed by atoms with Gasteiger partial charge in [0.25, 0.3) is 0 Å². The summed E-state index contributed by atoms with van der Waals surface area (Å²) in [6, 6.07) is 16.4. The van der Waals surface area contributed by atoms with E-state index in [1.807, 2.05) is 30.3 Å². The molecule has 0 spiro atoms. The largest absolute Gasteiger partial charge is 0.445 e. The summed E-state index contributed by atoms with van der Waals surface area (Å²) in [4.78, 5) is 12.2. The highest BCUT2D eigenvalue weighted by Gasteiger charge is 2.20. The molecule has 0 aliphatic heterocycles. The number of thiol groups is 1. The van der Waals surface area contributed by atoms with Crippen molar-refractivity contribution in [2.24, 2.45) is 0 Å². The Hall–Kier alpha value is -2.02. The molecular weight excluding hydrogens is 326 g/mol. The first kappa shape index (κ1) is 18.3.